The first-order valence-corrected chi connectivity index (χ1v) is 13.4. The third kappa shape index (κ3) is 6.51. The molecule has 40 heavy (non-hydrogen) atoms. The Kier molecular flexibility index (Phi) is 8.44. The van der Waals surface area contributed by atoms with Crippen molar-refractivity contribution >= 4 is 33.6 Å². The molecule has 2 amide bonds. The van der Waals surface area contributed by atoms with E-state index in [0.717, 1.165) is 44.1 Å². The first kappa shape index (κ1) is 27.0. The summed E-state index contributed by atoms with van der Waals surface area (Å²) in [4.78, 5) is 30.5. The van der Waals surface area contributed by atoms with Crippen LogP contribution in [0.1, 0.15) is 22.3 Å². The number of benzene rings is 4. The number of fused-ring (bicyclic) bond motifs is 2. The molecule has 0 radical (unpaired) electrons. The van der Waals surface area contributed by atoms with E-state index in [-0.39, 0.29) is 11.8 Å². The van der Waals surface area contributed by atoms with Crippen molar-refractivity contribution in [2.75, 3.05) is 0 Å². The fraction of sp³-hybridized carbons (Fsp3) is 0.182. The van der Waals surface area contributed by atoms with Crippen molar-refractivity contribution in [2.24, 2.45) is 11.5 Å². The van der Waals surface area contributed by atoms with E-state index in [9.17, 15) is 9.59 Å². The highest BCUT2D eigenvalue weighted by molar-refractivity contribution is 5.95. The summed E-state index contributed by atoms with van der Waals surface area (Å²) in [6, 6.07) is 32.1. The predicted molar refractivity (Wildman–Crippen MR) is 159 cm³/mol. The largest absolute Gasteiger partial charge is 0.351 e. The van der Waals surface area contributed by atoms with Gasteiger partial charge in [0.2, 0.25) is 11.8 Å². The quantitative estimate of drug-likeness (QED) is 0.204. The summed E-state index contributed by atoms with van der Waals surface area (Å²) in [6.45, 7) is 0.620. The average molecular weight is 532 g/mol. The highest BCUT2D eigenvalue weighted by atomic mass is 16.2. The van der Waals surface area contributed by atoms with E-state index in [0.29, 0.717) is 25.9 Å². The fourth-order valence-electron chi connectivity index (χ4n) is 4.84. The van der Waals surface area contributed by atoms with Crippen LogP contribution in [0.15, 0.2) is 103 Å². The number of nitrogens with zero attached hydrogens (tertiary/aromatic N) is 1. The van der Waals surface area contributed by atoms with Gasteiger partial charge in [0.25, 0.3) is 0 Å². The molecule has 0 saturated heterocycles. The molecule has 0 bridgehead atoms. The van der Waals surface area contributed by atoms with Gasteiger partial charge in [-0.1, -0.05) is 97.1 Å². The number of hydrogen-bond acceptors (Lipinski definition) is 5. The number of carbonyl (C=O) groups is 2. The van der Waals surface area contributed by atoms with Crippen LogP contribution in [0.25, 0.3) is 21.8 Å². The molecule has 5 aromatic rings. The molecular weight excluding hydrogens is 498 g/mol. The maximum atomic E-state index is 12.7. The van der Waals surface area contributed by atoms with Crippen molar-refractivity contribution in [3.05, 3.63) is 125 Å². The zero-order chi connectivity index (χ0) is 27.9. The van der Waals surface area contributed by atoms with Gasteiger partial charge < -0.3 is 22.1 Å². The van der Waals surface area contributed by atoms with Crippen LogP contribution in [0.5, 0.6) is 0 Å². The zero-order valence-electron chi connectivity index (χ0n) is 22.2. The van der Waals surface area contributed by atoms with Crippen LogP contribution in [-0.2, 0) is 35.5 Å². The minimum atomic E-state index is -0.644. The molecule has 0 aliphatic rings. The second-order valence-corrected chi connectivity index (χ2v) is 9.99. The highest BCUT2D eigenvalue weighted by Gasteiger charge is 2.16. The van der Waals surface area contributed by atoms with Crippen molar-refractivity contribution in [3.8, 4) is 0 Å². The van der Waals surface area contributed by atoms with Crippen molar-refractivity contribution < 1.29 is 9.59 Å². The van der Waals surface area contributed by atoms with Crippen molar-refractivity contribution in [1.82, 2.24) is 15.6 Å². The lowest BCUT2D eigenvalue weighted by molar-refractivity contribution is -0.123. The Hall–Kier alpha value is -4.59. The topological polar surface area (TPSA) is 123 Å². The second-order valence-electron chi connectivity index (χ2n) is 9.99. The third-order valence-electron chi connectivity index (χ3n) is 7.01. The number of para-hydroxylation sites is 2. The molecule has 7 heteroatoms. The van der Waals surface area contributed by atoms with Gasteiger partial charge in [-0.15, -0.1) is 0 Å². The first-order valence-electron chi connectivity index (χ1n) is 13.4. The number of nitrogens with two attached hydrogens (primary N) is 2. The van der Waals surface area contributed by atoms with Gasteiger partial charge in [-0.2, -0.15) is 0 Å². The molecule has 0 aliphatic heterocycles. The number of aromatic nitrogens is 1. The van der Waals surface area contributed by atoms with Gasteiger partial charge in [0.1, 0.15) is 0 Å². The van der Waals surface area contributed by atoms with Crippen molar-refractivity contribution in [2.45, 2.75) is 38.0 Å². The van der Waals surface area contributed by atoms with E-state index in [1.165, 1.54) is 0 Å². The van der Waals surface area contributed by atoms with E-state index in [4.69, 9.17) is 16.5 Å². The molecule has 1 heterocycles. The Labute approximate surface area is 233 Å². The van der Waals surface area contributed by atoms with Gasteiger partial charge in [-0.25, -0.2) is 4.98 Å². The lowest BCUT2D eigenvalue weighted by Gasteiger charge is -2.15. The van der Waals surface area contributed by atoms with Crippen LogP contribution < -0.4 is 22.1 Å². The van der Waals surface area contributed by atoms with Gasteiger partial charge in [-0.05, 0) is 41.2 Å². The molecule has 0 aliphatic carbocycles. The molecule has 5 rings (SSSR count). The van der Waals surface area contributed by atoms with Crippen molar-refractivity contribution in [1.29, 1.82) is 0 Å². The maximum absolute atomic E-state index is 12.7. The molecule has 202 valence electrons. The SMILES string of the molecule is N[C@@H](Cc1ccccc1)C(=O)NCc1cccc2cc3cccc(CNC(=O)[C@@H](N)Cc4ccccc4)c3nc12. The number of hydrogen-bond donors (Lipinski definition) is 4. The molecule has 4 aromatic carbocycles. The fourth-order valence-corrected chi connectivity index (χ4v) is 4.84. The van der Waals surface area contributed by atoms with Gasteiger partial charge in [-0.3, -0.25) is 9.59 Å². The summed E-state index contributed by atoms with van der Waals surface area (Å²) < 4.78 is 0. The Morgan fingerprint density at radius 2 is 1.02 bits per heavy atom. The van der Waals surface area contributed by atoms with Gasteiger partial charge >= 0.3 is 0 Å². The Morgan fingerprint density at radius 1 is 0.600 bits per heavy atom. The molecule has 2 atom stereocenters. The summed E-state index contributed by atoms with van der Waals surface area (Å²) in [7, 11) is 0. The minimum Gasteiger partial charge on any atom is -0.351 e. The van der Waals surface area contributed by atoms with Crippen LogP contribution in [-0.4, -0.2) is 28.9 Å². The molecule has 0 unspecified atom stereocenters. The highest BCUT2D eigenvalue weighted by Crippen LogP contribution is 2.25. The first-order chi connectivity index (χ1) is 19.5. The van der Waals surface area contributed by atoms with Crippen molar-refractivity contribution in [3.63, 3.8) is 0 Å². The number of rotatable bonds is 10. The van der Waals surface area contributed by atoms with Crippen LogP contribution in [0.3, 0.4) is 0 Å². The van der Waals surface area contributed by atoms with Gasteiger partial charge in [0.15, 0.2) is 0 Å². The monoisotopic (exact) mass is 531 g/mol. The Balaban J connectivity index is 1.30. The molecule has 1 aromatic heterocycles. The zero-order valence-corrected chi connectivity index (χ0v) is 22.2. The number of pyridine rings is 1. The number of carbonyl (C=O) groups excluding carboxylic acids is 2. The van der Waals surface area contributed by atoms with E-state index >= 15 is 0 Å². The van der Waals surface area contributed by atoms with E-state index < -0.39 is 12.1 Å². The van der Waals surface area contributed by atoms with Gasteiger partial charge in [0.05, 0.1) is 23.1 Å². The Morgan fingerprint density at radius 3 is 1.45 bits per heavy atom. The average Bonchev–Trinajstić information content (AvgIpc) is 2.98. The van der Waals surface area contributed by atoms with Crippen LogP contribution in [0.2, 0.25) is 0 Å². The van der Waals surface area contributed by atoms with Crippen LogP contribution in [0, 0.1) is 0 Å². The maximum Gasteiger partial charge on any atom is 0.237 e. The summed E-state index contributed by atoms with van der Waals surface area (Å²) in [5.74, 6) is -0.422. The summed E-state index contributed by atoms with van der Waals surface area (Å²) in [6.07, 6.45) is 0.935. The third-order valence-corrected chi connectivity index (χ3v) is 7.01. The standard InChI is InChI=1S/C33H33N5O2/c34-28(17-22-9-3-1-4-10-22)32(39)36-20-26-15-7-13-24-19-25-14-8-16-27(31(25)38-30(24)26)21-37-33(40)29(35)18-23-11-5-2-6-12-23/h1-16,19,28-29H,17-18,20-21,34-35H2,(H,36,39)(H,37,40)/t28-,29-/m0/s1. The van der Waals surface area contributed by atoms with E-state index in [1.807, 2.05) is 97.1 Å². The molecular formula is C33H33N5O2. The van der Waals surface area contributed by atoms with Crippen LogP contribution >= 0.6 is 0 Å². The van der Waals surface area contributed by atoms with E-state index in [2.05, 4.69) is 16.7 Å². The number of amides is 2. The molecule has 0 fully saturated rings. The summed E-state index contributed by atoms with van der Waals surface area (Å²) >= 11 is 0. The normalized spacial score (nSPS) is 12.7. The van der Waals surface area contributed by atoms with E-state index in [1.54, 1.807) is 0 Å². The summed E-state index contributed by atoms with van der Waals surface area (Å²) in [5.41, 5.74) is 17.8. The van der Waals surface area contributed by atoms with Gasteiger partial charge in [0, 0.05) is 23.9 Å². The number of nitrogens with one attached hydrogen (secondary N) is 2. The summed E-state index contributed by atoms with van der Waals surface area (Å²) in [5, 5.41) is 7.89. The predicted octanol–water partition coefficient (Wildman–Crippen LogP) is 3.76. The molecule has 7 nitrogen and oxygen atoms in total. The Bertz CT molecular complexity index is 1500. The molecule has 6 N–H and O–H groups in total. The molecule has 0 saturated carbocycles. The second kappa shape index (κ2) is 12.5. The lowest BCUT2D eigenvalue weighted by Crippen LogP contribution is -2.41. The minimum absolute atomic E-state index is 0.211. The molecule has 0 spiro atoms. The van der Waals surface area contributed by atoms with Crippen LogP contribution in [0.4, 0.5) is 0 Å². The lowest BCUT2D eigenvalue weighted by atomic mass is 10.0. The smallest absolute Gasteiger partial charge is 0.237 e.